The van der Waals surface area contributed by atoms with E-state index in [-0.39, 0.29) is 5.56 Å². The van der Waals surface area contributed by atoms with Crippen molar-refractivity contribution in [3.05, 3.63) is 52.5 Å². The highest BCUT2D eigenvalue weighted by atomic mass is 79.9. The summed E-state index contributed by atoms with van der Waals surface area (Å²) in [5, 5.41) is 15.6. The highest BCUT2D eigenvalue weighted by Gasteiger charge is 2.23. The molecule has 0 bridgehead atoms. The number of tetrazole rings is 1. The summed E-state index contributed by atoms with van der Waals surface area (Å²) in [4.78, 5) is 1.50. The molecule has 1 N–H and O–H groups in total. The van der Waals surface area contributed by atoms with Crippen LogP contribution in [0.15, 0.2) is 46.9 Å². The van der Waals surface area contributed by atoms with E-state index in [1.165, 1.54) is 16.9 Å². The van der Waals surface area contributed by atoms with Crippen LogP contribution >= 0.6 is 15.9 Å². The van der Waals surface area contributed by atoms with Crippen LogP contribution in [0.5, 0.6) is 0 Å². The van der Waals surface area contributed by atoms with Gasteiger partial charge in [0.15, 0.2) is 0 Å². The van der Waals surface area contributed by atoms with Gasteiger partial charge in [-0.25, -0.2) is 8.78 Å². The molecule has 8 heteroatoms. The molecule has 0 fully saturated rings. The number of alkyl halides is 2. The van der Waals surface area contributed by atoms with Crippen molar-refractivity contribution < 1.29 is 8.78 Å². The van der Waals surface area contributed by atoms with E-state index in [4.69, 9.17) is 0 Å². The number of nitrogens with one attached hydrogen (secondary N) is 1. The SMILES string of the molecule is CCn1nnc(-c2cc(Br)ccc2Nc2ccc(C(C)(F)F)cc2)n1. The number of hydrogen-bond donors (Lipinski definition) is 1. The molecule has 0 radical (unpaired) electrons. The largest absolute Gasteiger partial charge is 0.355 e. The molecule has 3 rings (SSSR count). The minimum absolute atomic E-state index is 0.0263. The Hall–Kier alpha value is -2.35. The number of nitrogens with zero attached hydrogens (tertiary/aromatic N) is 4. The van der Waals surface area contributed by atoms with Crippen molar-refractivity contribution in [3.8, 4) is 11.4 Å². The third-order valence-corrected chi connectivity index (χ3v) is 4.12. The Kier molecular flexibility index (Phi) is 4.80. The second kappa shape index (κ2) is 6.87. The molecule has 0 aliphatic rings. The van der Waals surface area contributed by atoms with Gasteiger partial charge in [0.25, 0.3) is 5.92 Å². The fraction of sp³-hybridized carbons (Fsp3) is 0.235. The van der Waals surface area contributed by atoms with Crippen molar-refractivity contribution in [2.75, 3.05) is 5.32 Å². The zero-order valence-electron chi connectivity index (χ0n) is 13.7. The average molecular weight is 408 g/mol. The van der Waals surface area contributed by atoms with Crippen molar-refractivity contribution in [1.82, 2.24) is 20.2 Å². The molecular formula is C17H16BrF2N5. The predicted molar refractivity (Wildman–Crippen MR) is 95.9 cm³/mol. The molecule has 130 valence electrons. The fourth-order valence-corrected chi connectivity index (χ4v) is 2.66. The van der Waals surface area contributed by atoms with Gasteiger partial charge in [-0.15, -0.1) is 10.2 Å². The molecule has 25 heavy (non-hydrogen) atoms. The molecule has 2 aromatic carbocycles. The topological polar surface area (TPSA) is 55.6 Å². The number of aromatic nitrogens is 4. The molecule has 0 saturated heterocycles. The van der Waals surface area contributed by atoms with Crippen LogP contribution in [0.1, 0.15) is 19.4 Å². The van der Waals surface area contributed by atoms with E-state index in [1.54, 1.807) is 12.1 Å². The van der Waals surface area contributed by atoms with E-state index in [2.05, 4.69) is 36.7 Å². The first kappa shape index (κ1) is 17.5. The number of aryl methyl sites for hydroxylation is 1. The van der Waals surface area contributed by atoms with E-state index >= 15 is 0 Å². The van der Waals surface area contributed by atoms with E-state index < -0.39 is 5.92 Å². The van der Waals surface area contributed by atoms with E-state index in [1.807, 2.05) is 25.1 Å². The highest BCUT2D eigenvalue weighted by molar-refractivity contribution is 9.10. The average Bonchev–Trinajstić information content (AvgIpc) is 3.05. The van der Waals surface area contributed by atoms with Gasteiger partial charge in [-0.05, 0) is 42.5 Å². The van der Waals surface area contributed by atoms with E-state index in [0.29, 0.717) is 18.1 Å². The van der Waals surface area contributed by atoms with Gasteiger partial charge in [0.2, 0.25) is 5.82 Å². The van der Waals surface area contributed by atoms with Crippen molar-refractivity contribution in [1.29, 1.82) is 0 Å². The number of anilines is 2. The highest BCUT2D eigenvalue weighted by Crippen LogP contribution is 2.32. The van der Waals surface area contributed by atoms with Crippen LogP contribution in [-0.4, -0.2) is 20.2 Å². The molecule has 0 spiro atoms. The normalized spacial score (nSPS) is 11.6. The van der Waals surface area contributed by atoms with Crippen LogP contribution in [-0.2, 0) is 12.5 Å². The van der Waals surface area contributed by atoms with E-state index in [0.717, 1.165) is 22.6 Å². The predicted octanol–water partition coefficient (Wildman–Crippen LogP) is 4.98. The fourth-order valence-electron chi connectivity index (χ4n) is 2.30. The van der Waals surface area contributed by atoms with Crippen molar-refractivity contribution >= 4 is 27.3 Å². The van der Waals surface area contributed by atoms with Gasteiger partial charge >= 0.3 is 0 Å². The van der Waals surface area contributed by atoms with Crippen LogP contribution in [0.3, 0.4) is 0 Å². The van der Waals surface area contributed by atoms with E-state index in [9.17, 15) is 8.78 Å². The van der Waals surface area contributed by atoms with Gasteiger partial charge in [-0.3, -0.25) is 0 Å². The number of benzene rings is 2. The quantitative estimate of drug-likeness (QED) is 0.647. The molecular weight excluding hydrogens is 392 g/mol. The zero-order chi connectivity index (χ0) is 18.0. The minimum Gasteiger partial charge on any atom is -0.355 e. The molecule has 1 aromatic heterocycles. The standard InChI is InChI=1S/C17H16BrF2N5/c1-3-25-23-16(22-24-25)14-10-12(18)6-9-15(14)21-13-7-4-11(5-8-13)17(2,19)20/h4-10,21H,3H2,1-2H3. The molecule has 3 aromatic rings. The third-order valence-electron chi connectivity index (χ3n) is 3.63. The first-order valence-electron chi connectivity index (χ1n) is 7.70. The summed E-state index contributed by atoms with van der Waals surface area (Å²) < 4.78 is 27.5. The Morgan fingerprint density at radius 1 is 1.16 bits per heavy atom. The summed E-state index contributed by atoms with van der Waals surface area (Å²) in [6.07, 6.45) is 0. The maximum absolute atomic E-state index is 13.3. The van der Waals surface area contributed by atoms with Crippen molar-refractivity contribution in [2.24, 2.45) is 0 Å². The van der Waals surface area contributed by atoms with Gasteiger partial charge < -0.3 is 5.32 Å². The maximum Gasteiger partial charge on any atom is 0.270 e. The lowest BCUT2D eigenvalue weighted by Gasteiger charge is -2.13. The lowest BCUT2D eigenvalue weighted by molar-refractivity contribution is 0.0175. The smallest absolute Gasteiger partial charge is 0.270 e. The Morgan fingerprint density at radius 2 is 1.88 bits per heavy atom. The van der Waals surface area contributed by atoms with Crippen LogP contribution < -0.4 is 5.32 Å². The third kappa shape index (κ3) is 4.01. The number of hydrogen-bond acceptors (Lipinski definition) is 4. The molecule has 0 saturated carbocycles. The Balaban J connectivity index is 1.92. The molecule has 0 atom stereocenters. The second-order valence-electron chi connectivity index (χ2n) is 5.58. The maximum atomic E-state index is 13.3. The number of halogens is 3. The first-order valence-corrected chi connectivity index (χ1v) is 8.49. The van der Waals surface area contributed by atoms with Crippen LogP contribution in [0.25, 0.3) is 11.4 Å². The molecule has 0 aliphatic carbocycles. The Morgan fingerprint density at radius 3 is 2.48 bits per heavy atom. The molecule has 0 unspecified atom stereocenters. The van der Waals surface area contributed by atoms with Crippen LogP contribution in [0.2, 0.25) is 0 Å². The van der Waals surface area contributed by atoms with Crippen molar-refractivity contribution in [2.45, 2.75) is 26.3 Å². The molecule has 0 amide bonds. The molecule has 0 aliphatic heterocycles. The zero-order valence-corrected chi connectivity index (χ0v) is 15.3. The summed E-state index contributed by atoms with van der Waals surface area (Å²) in [7, 11) is 0. The van der Waals surface area contributed by atoms with Gasteiger partial charge in [0, 0.05) is 33.9 Å². The summed E-state index contributed by atoms with van der Waals surface area (Å²) >= 11 is 3.44. The Bertz CT molecular complexity index is 871. The Labute approximate surface area is 152 Å². The summed E-state index contributed by atoms with van der Waals surface area (Å²) in [5.41, 5.74) is 2.19. The second-order valence-corrected chi connectivity index (χ2v) is 6.50. The van der Waals surface area contributed by atoms with Gasteiger partial charge in [-0.2, -0.15) is 4.80 Å². The van der Waals surface area contributed by atoms with Gasteiger partial charge in [0.05, 0.1) is 6.54 Å². The lowest BCUT2D eigenvalue weighted by Crippen LogP contribution is -2.06. The minimum atomic E-state index is -2.86. The summed E-state index contributed by atoms with van der Waals surface area (Å²) in [6, 6.07) is 11.7. The van der Waals surface area contributed by atoms with Gasteiger partial charge in [-0.1, -0.05) is 28.1 Å². The van der Waals surface area contributed by atoms with Crippen LogP contribution in [0, 0.1) is 0 Å². The summed E-state index contributed by atoms with van der Waals surface area (Å²) in [6.45, 7) is 3.43. The van der Waals surface area contributed by atoms with Crippen LogP contribution in [0.4, 0.5) is 20.2 Å². The monoisotopic (exact) mass is 407 g/mol. The molecule has 5 nitrogen and oxygen atoms in total. The molecule has 1 heterocycles. The lowest BCUT2D eigenvalue weighted by atomic mass is 10.1. The number of rotatable bonds is 5. The van der Waals surface area contributed by atoms with Crippen molar-refractivity contribution in [3.63, 3.8) is 0 Å². The summed E-state index contributed by atoms with van der Waals surface area (Å²) in [5.74, 6) is -2.37. The van der Waals surface area contributed by atoms with Gasteiger partial charge in [0.1, 0.15) is 0 Å². The first-order chi connectivity index (χ1) is 11.9.